The molecule has 0 saturated heterocycles. The van der Waals surface area contributed by atoms with E-state index < -0.39 is 22.4 Å². The number of carbonyl (C=O) groups is 1. The Balaban J connectivity index is 2.48. The van der Waals surface area contributed by atoms with Gasteiger partial charge in [0.2, 0.25) is 0 Å². The maximum absolute atomic E-state index is 13.8. The van der Waals surface area contributed by atoms with Crippen LogP contribution in [0.25, 0.3) is 0 Å². The van der Waals surface area contributed by atoms with Crippen LogP contribution in [0, 0.1) is 29.8 Å². The number of carbonyl (C=O) groups excluding carboxylic acids is 1. The van der Waals surface area contributed by atoms with E-state index in [1.165, 1.54) is 13.8 Å². The molecule has 2 rings (SSSR count). The molecule has 0 atom stereocenters. The van der Waals surface area contributed by atoms with Crippen LogP contribution in [0.2, 0.25) is 0 Å². The molecule has 0 fully saturated rings. The Morgan fingerprint density at radius 3 is 2.38 bits per heavy atom. The van der Waals surface area contributed by atoms with Gasteiger partial charge in [-0.05, 0) is 26.0 Å². The molecule has 0 radical (unpaired) electrons. The molecule has 0 saturated carbocycles. The van der Waals surface area contributed by atoms with Crippen molar-refractivity contribution in [2.75, 3.05) is 0 Å². The van der Waals surface area contributed by atoms with Gasteiger partial charge in [0, 0.05) is 11.1 Å². The summed E-state index contributed by atoms with van der Waals surface area (Å²) in [6.45, 7) is 2.78. The molecule has 0 spiro atoms. The summed E-state index contributed by atoms with van der Waals surface area (Å²) in [5.41, 5.74) is -0.456. The lowest BCUT2D eigenvalue weighted by molar-refractivity contribution is -0.385. The number of para-hydroxylation sites is 1. The van der Waals surface area contributed by atoms with E-state index in [1.54, 1.807) is 30.3 Å². The number of nitrogens with zero attached hydrogens (tertiary/aromatic N) is 1. The molecule has 0 aliphatic rings. The van der Waals surface area contributed by atoms with Gasteiger partial charge < -0.3 is 4.74 Å². The zero-order chi connectivity index (χ0) is 15.6. The van der Waals surface area contributed by atoms with Gasteiger partial charge in [-0.2, -0.15) is 0 Å². The van der Waals surface area contributed by atoms with Crippen molar-refractivity contribution < 1.29 is 18.8 Å². The lowest BCUT2D eigenvalue weighted by Crippen LogP contribution is -2.14. The SMILES string of the molecule is Cc1c(F)cc([N+](=O)[O-])c(C)c1C(=O)Oc1ccccc1. The van der Waals surface area contributed by atoms with Crippen molar-refractivity contribution in [3.05, 3.63) is 69.0 Å². The number of benzene rings is 2. The third-order valence-corrected chi connectivity index (χ3v) is 3.11. The average Bonchev–Trinajstić information content (AvgIpc) is 2.43. The summed E-state index contributed by atoms with van der Waals surface area (Å²) >= 11 is 0. The van der Waals surface area contributed by atoms with Gasteiger partial charge in [-0.1, -0.05) is 18.2 Å². The molecule has 0 aliphatic carbocycles. The molecule has 0 aromatic heterocycles. The largest absolute Gasteiger partial charge is 0.423 e. The zero-order valence-corrected chi connectivity index (χ0v) is 11.4. The van der Waals surface area contributed by atoms with Crippen molar-refractivity contribution in [2.24, 2.45) is 0 Å². The normalized spacial score (nSPS) is 10.2. The molecule has 0 bridgehead atoms. The highest BCUT2D eigenvalue weighted by Crippen LogP contribution is 2.28. The minimum Gasteiger partial charge on any atom is -0.423 e. The lowest BCUT2D eigenvalue weighted by atomic mass is 10.0. The van der Waals surface area contributed by atoms with Gasteiger partial charge >= 0.3 is 5.97 Å². The summed E-state index contributed by atoms with van der Waals surface area (Å²) in [7, 11) is 0. The first-order chi connectivity index (χ1) is 9.91. The highest BCUT2D eigenvalue weighted by Gasteiger charge is 2.25. The van der Waals surface area contributed by atoms with Crippen molar-refractivity contribution in [1.29, 1.82) is 0 Å². The minimum absolute atomic E-state index is 0.0269. The van der Waals surface area contributed by atoms with Crippen molar-refractivity contribution in [1.82, 2.24) is 0 Å². The molecule has 0 aliphatic heterocycles. The van der Waals surface area contributed by atoms with Gasteiger partial charge in [-0.3, -0.25) is 10.1 Å². The molecule has 2 aromatic carbocycles. The second-order valence-electron chi connectivity index (χ2n) is 4.46. The number of hydrogen-bond acceptors (Lipinski definition) is 4. The van der Waals surface area contributed by atoms with Crippen molar-refractivity contribution >= 4 is 11.7 Å². The fraction of sp³-hybridized carbons (Fsp3) is 0.133. The highest BCUT2D eigenvalue weighted by molar-refractivity contribution is 5.95. The van der Waals surface area contributed by atoms with E-state index in [1.807, 2.05) is 0 Å². The fourth-order valence-electron chi connectivity index (χ4n) is 2.01. The maximum Gasteiger partial charge on any atom is 0.344 e. The van der Waals surface area contributed by atoms with Crippen LogP contribution in [0.15, 0.2) is 36.4 Å². The Hall–Kier alpha value is -2.76. The Labute approximate surface area is 120 Å². The molecule has 0 N–H and O–H groups in total. The second-order valence-corrected chi connectivity index (χ2v) is 4.46. The number of nitro benzene ring substituents is 1. The first kappa shape index (κ1) is 14.6. The summed E-state index contributed by atoms with van der Waals surface area (Å²) in [6, 6.07) is 9.05. The fourth-order valence-corrected chi connectivity index (χ4v) is 2.01. The summed E-state index contributed by atoms with van der Waals surface area (Å²) in [6.07, 6.45) is 0. The average molecular weight is 289 g/mol. The van der Waals surface area contributed by atoms with E-state index in [9.17, 15) is 19.3 Å². The monoisotopic (exact) mass is 289 g/mol. The van der Waals surface area contributed by atoms with Gasteiger partial charge in [0.15, 0.2) is 0 Å². The standard InChI is InChI=1S/C15H12FNO4/c1-9-12(16)8-13(17(19)20)10(2)14(9)15(18)21-11-6-4-3-5-7-11/h3-8H,1-2H3. The minimum atomic E-state index is -0.821. The Morgan fingerprint density at radius 1 is 1.19 bits per heavy atom. The van der Waals surface area contributed by atoms with E-state index in [4.69, 9.17) is 4.74 Å². The van der Waals surface area contributed by atoms with E-state index >= 15 is 0 Å². The predicted molar refractivity (Wildman–Crippen MR) is 73.9 cm³/mol. The van der Waals surface area contributed by atoms with Crippen molar-refractivity contribution in [3.8, 4) is 5.75 Å². The van der Waals surface area contributed by atoms with Crippen molar-refractivity contribution in [3.63, 3.8) is 0 Å². The molecule has 0 unspecified atom stereocenters. The Kier molecular flexibility index (Phi) is 3.98. The summed E-state index contributed by atoms with van der Waals surface area (Å²) in [5.74, 6) is -1.35. The van der Waals surface area contributed by atoms with Crippen LogP contribution < -0.4 is 4.74 Å². The maximum atomic E-state index is 13.8. The van der Waals surface area contributed by atoms with Crippen LogP contribution in [0.5, 0.6) is 5.75 Å². The third-order valence-electron chi connectivity index (χ3n) is 3.11. The van der Waals surface area contributed by atoms with Crippen LogP contribution in [0.3, 0.4) is 0 Å². The van der Waals surface area contributed by atoms with E-state index in [-0.39, 0.29) is 22.4 Å². The van der Waals surface area contributed by atoms with Gasteiger partial charge in [0.25, 0.3) is 5.69 Å². The number of halogens is 1. The molecule has 6 heteroatoms. The summed E-state index contributed by atoms with van der Waals surface area (Å²) in [5, 5.41) is 10.9. The number of esters is 1. The predicted octanol–water partition coefficient (Wildman–Crippen LogP) is 3.57. The molecule has 108 valence electrons. The summed E-state index contributed by atoms with van der Waals surface area (Å²) < 4.78 is 18.9. The van der Waals surface area contributed by atoms with Gasteiger partial charge in [0.1, 0.15) is 11.6 Å². The molecular formula is C15H12FNO4. The van der Waals surface area contributed by atoms with Crippen LogP contribution in [0.1, 0.15) is 21.5 Å². The van der Waals surface area contributed by atoms with E-state index in [0.717, 1.165) is 6.07 Å². The Morgan fingerprint density at radius 2 is 1.81 bits per heavy atom. The number of rotatable bonds is 3. The van der Waals surface area contributed by atoms with Crippen LogP contribution in [-0.2, 0) is 0 Å². The number of hydrogen-bond donors (Lipinski definition) is 0. The van der Waals surface area contributed by atoms with Crippen LogP contribution in [-0.4, -0.2) is 10.9 Å². The molecule has 0 heterocycles. The Bertz CT molecular complexity index is 713. The highest BCUT2D eigenvalue weighted by atomic mass is 19.1. The first-order valence-corrected chi connectivity index (χ1v) is 6.13. The van der Waals surface area contributed by atoms with Crippen molar-refractivity contribution in [2.45, 2.75) is 13.8 Å². The topological polar surface area (TPSA) is 69.4 Å². The molecule has 5 nitrogen and oxygen atoms in total. The third kappa shape index (κ3) is 2.89. The zero-order valence-electron chi connectivity index (χ0n) is 11.4. The number of nitro groups is 1. The molecule has 21 heavy (non-hydrogen) atoms. The first-order valence-electron chi connectivity index (χ1n) is 6.13. The van der Waals surface area contributed by atoms with Gasteiger partial charge in [0.05, 0.1) is 16.6 Å². The van der Waals surface area contributed by atoms with Gasteiger partial charge in [-0.25, -0.2) is 9.18 Å². The van der Waals surface area contributed by atoms with Crippen LogP contribution >= 0.6 is 0 Å². The summed E-state index contributed by atoms with van der Waals surface area (Å²) in [4.78, 5) is 22.4. The smallest absolute Gasteiger partial charge is 0.344 e. The second kappa shape index (κ2) is 5.70. The molecular weight excluding hydrogens is 277 g/mol. The molecule has 0 amide bonds. The van der Waals surface area contributed by atoms with E-state index in [2.05, 4.69) is 0 Å². The number of ether oxygens (including phenoxy) is 1. The van der Waals surface area contributed by atoms with Crippen LogP contribution in [0.4, 0.5) is 10.1 Å². The van der Waals surface area contributed by atoms with Gasteiger partial charge in [-0.15, -0.1) is 0 Å². The lowest BCUT2D eigenvalue weighted by Gasteiger charge is -2.10. The van der Waals surface area contributed by atoms with E-state index in [0.29, 0.717) is 0 Å². The molecule has 2 aromatic rings. The quantitative estimate of drug-likeness (QED) is 0.375.